The van der Waals surface area contributed by atoms with Crippen LogP contribution in [0.2, 0.25) is 0 Å². The van der Waals surface area contributed by atoms with E-state index in [0.717, 1.165) is 44.6 Å². The van der Waals surface area contributed by atoms with Crippen molar-refractivity contribution in [3.63, 3.8) is 0 Å². The maximum atomic E-state index is 6.40. The fourth-order valence-corrected chi connectivity index (χ4v) is 7.31. The van der Waals surface area contributed by atoms with E-state index in [-0.39, 0.29) is 0 Å². The fraction of sp³-hybridized carbons (Fsp3) is 0. The van der Waals surface area contributed by atoms with Crippen LogP contribution in [0.4, 0.5) is 17.2 Å². The summed E-state index contributed by atoms with van der Waals surface area (Å²) in [5.74, 6) is 1.12. The standard InChI is InChI=1S/C42H26N2O/c1-3-12-31-27(10-1)22-25-35-33-13-4-7-18-38(33)44-37-17-6-2-11-29(37)26-40(44)43(41(31)35)30-23-20-28(21-24-30)32-15-9-16-36-34-14-5-8-19-39(34)45-42(32)36/h1-26H. The summed E-state index contributed by atoms with van der Waals surface area (Å²) in [6, 6.07) is 56.7. The molecule has 7 aromatic carbocycles. The maximum absolute atomic E-state index is 6.40. The van der Waals surface area contributed by atoms with Crippen molar-refractivity contribution in [2.24, 2.45) is 0 Å². The van der Waals surface area contributed by atoms with Crippen LogP contribution in [0.5, 0.6) is 0 Å². The first kappa shape index (κ1) is 24.4. The molecule has 210 valence electrons. The average Bonchev–Trinajstić information content (AvgIpc) is 3.64. The number of hydrogen-bond donors (Lipinski definition) is 0. The van der Waals surface area contributed by atoms with Gasteiger partial charge in [0.2, 0.25) is 0 Å². The zero-order valence-electron chi connectivity index (χ0n) is 24.3. The molecule has 45 heavy (non-hydrogen) atoms. The van der Waals surface area contributed by atoms with Gasteiger partial charge in [-0.05, 0) is 47.3 Å². The lowest BCUT2D eigenvalue weighted by Crippen LogP contribution is -2.13. The van der Waals surface area contributed by atoms with Crippen molar-refractivity contribution >= 4 is 60.8 Å². The first-order valence-electron chi connectivity index (χ1n) is 15.4. The Bertz CT molecular complexity index is 2600. The van der Waals surface area contributed by atoms with E-state index in [9.17, 15) is 0 Å². The molecule has 3 nitrogen and oxygen atoms in total. The van der Waals surface area contributed by atoms with E-state index in [0.29, 0.717) is 0 Å². The van der Waals surface area contributed by atoms with Gasteiger partial charge in [-0.1, -0.05) is 121 Å². The number of fused-ring (bicyclic) bond motifs is 12. The number of hydrogen-bond acceptors (Lipinski definition) is 2. The van der Waals surface area contributed by atoms with Crippen molar-refractivity contribution in [1.29, 1.82) is 0 Å². The second-order valence-corrected chi connectivity index (χ2v) is 11.8. The van der Waals surface area contributed by atoms with Gasteiger partial charge in [0.05, 0.1) is 16.9 Å². The van der Waals surface area contributed by atoms with Crippen LogP contribution in [0, 0.1) is 0 Å². The Hall–Kier alpha value is -6.06. The molecule has 9 aromatic rings. The second kappa shape index (κ2) is 9.22. The van der Waals surface area contributed by atoms with Crippen molar-refractivity contribution in [1.82, 2.24) is 4.57 Å². The Morgan fingerprint density at radius 2 is 1.18 bits per heavy atom. The highest BCUT2D eigenvalue weighted by atomic mass is 16.3. The number of benzene rings is 7. The first-order valence-corrected chi connectivity index (χ1v) is 15.4. The predicted molar refractivity (Wildman–Crippen MR) is 187 cm³/mol. The molecule has 1 aliphatic rings. The molecule has 0 saturated heterocycles. The first-order chi connectivity index (χ1) is 22.3. The summed E-state index contributed by atoms with van der Waals surface area (Å²) in [5, 5.41) is 5.94. The molecule has 10 rings (SSSR count). The third kappa shape index (κ3) is 3.46. The summed E-state index contributed by atoms with van der Waals surface area (Å²) >= 11 is 0. The molecule has 0 amide bonds. The van der Waals surface area contributed by atoms with Crippen molar-refractivity contribution < 1.29 is 4.42 Å². The Morgan fingerprint density at radius 3 is 2.09 bits per heavy atom. The third-order valence-corrected chi connectivity index (χ3v) is 9.32. The summed E-state index contributed by atoms with van der Waals surface area (Å²) in [6.45, 7) is 0. The molecular weight excluding hydrogens is 548 g/mol. The predicted octanol–water partition coefficient (Wildman–Crippen LogP) is 11.8. The highest BCUT2D eigenvalue weighted by Gasteiger charge is 2.29. The molecule has 0 spiro atoms. The van der Waals surface area contributed by atoms with Crippen LogP contribution < -0.4 is 4.90 Å². The lowest BCUT2D eigenvalue weighted by Gasteiger charge is -2.27. The van der Waals surface area contributed by atoms with E-state index >= 15 is 0 Å². The van der Waals surface area contributed by atoms with Gasteiger partial charge in [0.15, 0.2) is 0 Å². The van der Waals surface area contributed by atoms with E-state index in [1.807, 2.05) is 12.1 Å². The van der Waals surface area contributed by atoms with Crippen LogP contribution in [0.3, 0.4) is 0 Å². The van der Waals surface area contributed by atoms with Crippen LogP contribution in [0.25, 0.3) is 71.6 Å². The number of para-hydroxylation sites is 4. The number of furan rings is 1. The molecular formula is C42H26N2O. The number of rotatable bonds is 2. The van der Waals surface area contributed by atoms with Crippen LogP contribution in [-0.4, -0.2) is 4.57 Å². The van der Waals surface area contributed by atoms with Crippen molar-refractivity contribution in [3.05, 3.63) is 158 Å². The molecule has 0 N–H and O–H groups in total. The Balaban J connectivity index is 1.24. The molecule has 3 heteroatoms. The minimum absolute atomic E-state index is 0.914. The fourth-order valence-electron chi connectivity index (χ4n) is 7.31. The van der Waals surface area contributed by atoms with Crippen LogP contribution >= 0.6 is 0 Å². The summed E-state index contributed by atoms with van der Waals surface area (Å²) in [7, 11) is 0. The quantitative estimate of drug-likeness (QED) is 0.205. The van der Waals surface area contributed by atoms with Gasteiger partial charge in [0.1, 0.15) is 17.0 Å². The van der Waals surface area contributed by atoms with E-state index in [1.165, 1.54) is 44.2 Å². The monoisotopic (exact) mass is 574 g/mol. The van der Waals surface area contributed by atoms with Crippen LogP contribution in [0.15, 0.2) is 162 Å². The normalized spacial score (nSPS) is 12.4. The molecule has 0 atom stereocenters. The lowest BCUT2D eigenvalue weighted by molar-refractivity contribution is 0.670. The van der Waals surface area contributed by atoms with E-state index < -0.39 is 0 Å². The molecule has 0 saturated carbocycles. The Morgan fingerprint density at radius 1 is 0.467 bits per heavy atom. The summed E-state index contributed by atoms with van der Waals surface area (Å²) in [6.07, 6.45) is 0. The topological polar surface area (TPSA) is 21.3 Å². The van der Waals surface area contributed by atoms with E-state index in [4.69, 9.17) is 4.42 Å². The van der Waals surface area contributed by atoms with Gasteiger partial charge in [-0.2, -0.15) is 0 Å². The van der Waals surface area contributed by atoms with Crippen molar-refractivity contribution in [3.8, 4) is 27.9 Å². The van der Waals surface area contributed by atoms with Crippen LogP contribution in [-0.2, 0) is 0 Å². The molecule has 0 fully saturated rings. The molecule has 2 aromatic heterocycles. The zero-order valence-corrected chi connectivity index (χ0v) is 24.3. The number of nitrogens with zero attached hydrogens (tertiary/aromatic N) is 2. The molecule has 0 bridgehead atoms. The summed E-state index contributed by atoms with van der Waals surface area (Å²) in [5.41, 5.74) is 11.2. The largest absolute Gasteiger partial charge is 0.455 e. The van der Waals surface area contributed by atoms with E-state index in [2.05, 4.69) is 155 Å². The van der Waals surface area contributed by atoms with E-state index in [1.54, 1.807) is 0 Å². The zero-order chi connectivity index (χ0) is 29.5. The Labute approximate surface area is 259 Å². The molecule has 0 aliphatic carbocycles. The van der Waals surface area contributed by atoms with Gasteiger partial charge in [-0.3, -0.25) is 9.47 Å². The minimum atomic E-state index is 0.914. The van der Waals surface area contributed by atoms with Gasteiger partial charge in [0.25, 0.3) is 0 Å². The molecule has 0 radical (unpaired) electrons. The van der Waals surface area contributed by atoms with Gasteiger partial charge in [0, 0.05) is 43.9 Å². The highest BCUT2D eigenvalue weighted by Crippen LogP contribution is 2.51. The van der Waals surface area contributed by atoms with Gasteiger partial charge >= 0.3 is 0 Å². The Kier molecular flexibility index (Phi) is 5.00. The number of aromatic nitrogens is 1. The molecule has 1 aliphatic heterocycles. The average molecular weight is 575 g/mol. The SMILES string of the molecule is c1ccc2c(c1)-c1ccc3ccccc3c1N(c1ccc(-c3cccc4c3oc3ccccc34)cc1)c1cc3ccccc3n1-2. The van der Waals surface area contributed by atoms with Gasteiger partial charge < -0.3 is 4.42 Å². The molecule has 3 heterocycles. The summed E-state index contributed by atoms with van der Waals surface area (Å²) < 4.78 is 8.82. The van der Waals surface area contributed by atoms with Gasteiger partial charge in [-0.25, -0.2) is 0 Å². The number of anilines is 3. The minimum Gasteiger partial charge on any atom is -0.455 e. The molecule has 0 unspecified atom stereocenters. The van der Waals surface area contributed by atoms with Crippen LogP contribution in [0.1, 0.15) is 0 Å². The van der Waals surface area contributed by atoms with Crippen molar-refractivity contribution in [2.75, 3.05) is 4.90 Å². The smallest absolute Gasteiger partial charge is 0.143 e. The maximum Gasteiger partial charge on any atom is 0.143 e. The van der Waals surface area contributed by atoms with Crippen molar-refractivity contribution in [2.45, 2.75) is 0 Å². The third-order valence-electron chi connectivity index (χ3n) is 9.32. The highest BCUT2D eigenvalue weighted by molar-refractivity contribution is 6.11. The second-order valence-electron chi connectivity index (χ2n) is 11.8. The van der Waals surface area contributed by atoms with Gasteiger partial charge in [-0.15, -0.1) is 0 Å². The lowest BCUT2D eigenvalue weighted by atomic mass is 9.96. The summed E-state index contributed by atoms with van der Waals surface area (Å²) in [4.78, 5) is 2.45.